The minimum atomic E-state index is -1.27. The lowest BCUT2D eigenvalue weighted by Crippen LogP contribution is -2.52. The zero-order valence-electron chi connectivity index (χ0n) is 13.1. The number of amides is 2. The fourth-order valence-corrected chi connectivity index (χ4v) is 2.09. The lowest BCUT2D eigenvalue weighted by molar-refractivity contribution is -0.142. The molecule has 0 saturated carbocycles. The third-order valence-corrected chi connectivity index (χ3v) is 3.18. The molecule has 0 saturated heterocycles. The first-order chi connectivity index (χ1) is 11.3. The van der Waals surface area contributed by atoms with Crippen molar-refractivity contribution in [2.45, 2.75) is 38.3 Å². The molecular formula is C16H18FN3O4. The van der Waals surface area contributed by atoms with Crippen molar-refractivity contribution in [3.8, 4) is 6.07 Å². The Morgan fingerprint density at radius 1 is 1.29 bits per heavy atom. The molecule has 2 amide bonds. The summed E-state index contributed by atoms with van der Waals surface area (Å²) in [5.74, 6) is -2.94. The maximum atomic E-state index is 13.2. The van der Waals surface area contributed by atoms with E-state index in [1.54, 1.807) is 6.07 Å². The second-order valence-corrected chi connectivity index (χ2v) is 5.18. The first-order valence-corrected chi connectivity index (χ1v) is 7.25. The minimum Gasteiger partial charge on any atom is -0.480 e. The van der Waals surface area contributed by atoms with Crippen LogP contribution in [0.25, 0.3) is 0 Å². The van der Waals surface area contributed by atoms with Gasteiger partial charge in [0.2, 0.25) is 11.8 Å². The van der Waals surface area contributed by atoms with Crippen molar-refractivity contribution in [3.63, 3.8) is 0 Å². The molecule has 0 radical (unpaired) electrons. The normalized spacial score (nSPS) is 12.5. The smallest absolute Gasteiger partial charge is 0.326 e. The molecule has 8 heteroatoms. The average molecular weight is 335 g/mol. The van der Waals surface area contributed by atoms with Crippen molar-refractivity contribution in [3.05, 3.63) is 35.6 Å². The van der Waals surface area contributed by atoms with E-state index in [9.17, 15) is 18.8 Å². The van der Waals surface area contributed by atoms with Gasteiger partial charge in [0.25, 0.3) is 0 Å². The van der Waals surface area contributed by atoms with Gasteiger partial charge in [0.15, 0.2) is 0 Å². The minimum absolute atomic E-state index is 0.00770. The largest absolute Gasteiger partial charge is 0.480 e. The molecule has 0 fully saturated rings. The molecule has 0 aliphatic carbocycles. The van der Waals surface area contributed by atoms with Crippen LogP contribution in [0.3, 0.4) is 0 Å². The van der Waals surface area contributed by atoms with Gasteiger partial charge in [-0.25, -0.2) is 9.18 Å². The van der Waals surface area contributed by atoms with E-state index >= 15 is 0 Å². The van der Waals surface area contributed by atoms with Gasteiger partial charge in [0, 0.05) is 19.8 Å². The van der Waals surface area contributed by atoms with Gasteiger partial charge in [-0.3, -0.25) is 9.59 Å². The Morgan fingerprint density at radius 2 is 2.00 bits per heavy atom. The average Bonchev–Trinajstić information content (AvgIpc) is 2.49. The highest BCUT2D eigenvalue weighted by Crippen LogP contribution is 2.08. The quantitative estimate of drug-likeness (QED) is 0.647. The summed E-state index contributed by atoms with van der Waals surface area (Å²) in [7, 11) is 0. The molecule has 1 aromatic rings. The van der Waals surface area contributed by atoms with Crippen LogP contribution in [-0.4, -0.2) is 35.0 Å². The number of aliphatic carboxylic acids is 1. The summed E-state index contributed by atoms with van der Waals surface area (Å²) in [6.07, 6.45) is -0.0793. The summed E-state index contributed by atoms with van der Waals surface area (Å²) in [4.78, 5) is 34.7. The number of benzene rings is 1. The molecule has 128 valence electrons. The van der Waals surface area contributed by atoms with Crippen LogP contribution in [0.2, 0.25) is 0 Å². The van der Waals surface area contributed by atoms with Crippen molar-refractivity contribution in [1.29, 1.82) is 5.26 Å². The SMILES string of the molecule is CC(=O)N[C@@H](Cc1cccc(F)c1)C(=O)N[C@@H](CCC#N)C(=O)O. The second-order valence-electron chi connectivity index (χ2n) is 5.18. The predicted octanol–water partition coefficient (Wildman–Crippen LogP) is 0.746. The van der Waals surface area contributed by atoms with Gasteiger partial charge in [-0.2, -0.15) is 5.26 Å². The molecule has 24 heavy (non-hydrogen) atoms. The molecule has 1 aromatic carbocycles. The van der Waals surface area contributed by atoms with E-state index in [4.69, 9.17) is 10.4 Å². The molecule has 7 nitrogen and oxygen atoms in total. The lowest BCUT2D eigenvalue weighted by atomic mass is 10.0. The zero-order chi connectivity index (χ0) is 18.1. The van der Waals surface area contributed by atoms with Crippen molar-refractivity contribution in [1.82, 2.24) is 10.6 Å². The third-order valence-electron chi connectivity index (χ3n) is 3.18. The predicted molar refractivity (Wildman–Crippen MR) is 82.1 cm³/mol. The number of nitrogens with zero attached hydrogens (tertiary/aromatic N) is 1. The van der Waals surface area contributed by atoms with E-state index in [0.717, 1.165) is 0 Å². The van der Waals surface area contributed by atoms with Crippen LogP contribution in [0.5, 0.6) is 0 Å². The van der Waals surface area contributed by atoms with E-state index in [1.807, 2.05) is 6.07 Å². The maximum absolute atomic E-state index is 13.2. The molecule has 3 N–H and O–H groups in total. The van der Waals surface area contributed by atoms with Crippen molar-refractivity contribution in [2.24, 2.45) is 0 Å². The van der Waals surface area contributed by atoms with Crippen LogP contribution < -0.4 is 10.6 Å². The summed E-state index contributed by atoms with van der Waals surface area (Å²) in [5.41, 5.74) is 0.479. The third kappa shape index (κ3) is 6.44. The number of carbonyl (C=O) groups excluding carboxylic acids is 2. The number of nitrogens with one attached hydrogen (secondary N) is 2. The van der Waals surface area contributed by atoms with Gasteiger partial charge < -0.3 is 15.7 Å². The second kappa shape index (κ2) is 9.25. The Morgan fingerprint density at radius 3 is 2.54 bits per heavy atom. The molecule has 0 aliphatic heterocycles. The van der Waals surface area contributed by atoms with E-state index in [2.05, 4.69) is 10.6 Å². The number of carboxylic acid groups (broad SMARTS) is 1. The van der Waals surface area contributed by atoms with Gasteiger partial charge in [-0.15, -0.1) is 0 Å². The number of hydrogen-bond donors (Lipinski definition) is 3. The van der Waals surface area contributed by atoms with Crippen LogP contribution >= 0.6 is 0 Å². The monoisotopic (exact) mass is 335 g/mol. The molecule has 0 heterocycles. The first-order valence-electron chi connectivity index (χ1n) is 7.25. The van der Waals surface area contributed by atoms with Crippen LogP contribution in [0, 0.1) is 17.1 Å². The zero-order valence-corrected chi connectivity index (χ0v) is 13.1. The Labute approximate surface area is 138 Å². The van der Waals surface area contributed by atoms with Gasteiger partial charge >= 0.3 is 5.97 Å². The Hall–Kier alpha value is -2.95. The van der Waals surface area contributed by atoms with Crippen LogP contribution in [0.4, 0.5) is 4.39 Å². The highest BCUT2D eigenvalue weighted by atomic mass is 19.1. The van der Waals surface area contributed by atoms with E-state index < -0.39 is 35.7 Å². The lowest BCUT2D eigenvalue weighted by Gasteiger charge is -2.20. The van der Waals surface area contributed by atoms with Crippen LogP contribution in [0.15, 0.2) is 24.3 Å². The number of nitriles is 1. The highest BCUT2D eigenvalue weighted by Gasteiger charge is 2.26. The summed E-state index contributed by atoms with van der Waals surface area (Å²) >= 11 is 0. The van der Waals surface area contributed by atoms with Crippen LogP contribution in [0.1, 0.15) is 25.3 Å². The Balaban J connectivity index is 2.85. The number of hydrogen-bond acceptors (Lipinski definition) is 4. The Kier molecular flexibility index (Phi) is 7.36. The molecule has 2 atom stereocenters. The molecule has 0 unspecified atom stereocenters. The summed E-state index contributed by atoms with van der Waals surface area (Å²) < 4.78 is 13.2. The number of carbonyl (C=O) groups is 3. The molecule has 0 spiro atoms. The number of halogens is 1. The highest BCUT2D eigenvalue weighted by molar-refractivity contribution is 5.90. The molecule has 0 aliphatic rings. The van der Waals surface area contributed by atoms with Crippen molar-refractivity contribution >= 4 is 17.8 Å². The molecule has 0 bridgehead atoms. The number of carboxylic acids is 1. The van der Waals surface area contributed by atoms with Gasteiger partial charge in [-0.05, 0) is 24.1 Å². The molecular weight excluding hydrogens is 317 g/mol. The fourth-order valence-electron chi connectivity index (χ4n) is 2.09. The van der Waals surface area contributed by atoms with Gasteiger partial charge in [0.1, 0.15) is 17.9 Å². The van der Waals surface area contributed by atoms with E-state index in [0.29, 0.717) is 5.56 Å². The maximum Gasteiger partial charge on any atom is 0.326 e. The first kappa shape index (κ1) is 19.1. The Bertz CT molecular complexity index is 657. The topological polar surface area (TPSA) is 119 Å². The standard InChI is InChI=1S/C16H18FN3O4/c1-10(21)19-14(9-11-4-2-5-12(17)8-11)15(22)20-13(16(23)24)6-3-7-18/h2,4-5,8,13-14H,3,6,9H2,1H3,(H,19,21)(H,20,22)(H,23,24)/t13-,14-/m0/s1. The van der Waals surface area contributed by atoms with Crippen molar-refractivity contribution < 1.29 is 23.9 Å². The van der Waals surface area contributed by atoms with E-state index in [-0.39, 0.29) is 19.3 Å². The van der Waals surface area contributed by atoms with Crippen molar-refractivity contribution in [2.75, 3.05) is 0 Å². The van der Waals surface area contributed by atoms with Crippen LogP contribution in [-0.2, 0) is 20.8 Å². The summed E-state index contributed by atoms with van der Waals surface area (Å²) in [6.45, 7) is 1.22. The van der Waals surface area contributed by atoms with E-state index in [1.165, 1.54) is 25.1 Å². The summed E-state index contributed by atoms with van der Waals surface area (Å²) in [6, 6.07) is 5.07. The van der Waals surface area contributed by atoms with Gasteiger partial charge in [0.05, 0.1) is 6.07 Å². The number of rotatable bonds is 8. The van der Waals surface area contributed by atoms with Gasteiger partial charge in [-0.1, -0.05) is 12.1 Å². The fraction of sp³-hybridized carbons (Fsp3) is 0.375. The molecule has 0 aromatic heterocycles. The molecule has 1 rings (SSSR count). The summed E-state index contributed by atoms with van der Waals surface area (Å²) in [5, 5.41) is 22.3.